The number of phenols is 1. The fourth-order valence-corrected chi connectivity index (χ4v) is 5.66. The number of hydrogen-bond donors (Lipinski definition) is 2. The van der Waals surface area contributed by atoms with E-state index in [1.807, 2.05) is 24.4 Å². The van der Waals surface area contributed by atoms with Gasteiger partial charge in [-0.3, -0.25) is 4.98 Å². The zero-order valence-electron chi connectivity index (χ0n) is 20.5. The highest BCUT2D eigenvalue weighted by atomic mass is 16.5. The minimum atomic E-state index is -0.197. The van der Waals surface area contributed by atoms with Crippen molar-refractivity contribution in [2.24, 2.45) is 0 Å². The van der Waals surface area contributed by atoms with Gasteiger partial charge in [-0.05, 0) is 76.1 Å². The fraction of sp³-hybridized carbons (Fsp3) is 0.481. The molecular formula is C27H32N6O2. The highest BCUT2D eigenvalue weighted by Gasteiger charge is 2.35. The molecule has 35 heavy (non-hydrogen) atoms. The Morgan fingerprint density at radius 2 is 1.83 bits per heavy atom. The number of aromatic hydroxyl groups is 1. The van der Waals surface area contributed by atoms with E-state index >= 15 is 0 Å². The summed E-state index contributed by atoms with van der Waals surface area (Å²) in [5, 5.41) is 23.3. The molecular weight excluding hydrogens is 440 g/mol. The summed E-state index contributed by atoms with van der Waals surface area (Å²) in [6.45, 7) is 4.19. The van der Waals surface area contributed by atoms with Crippen molar-refractivity contribution < 1.29 is 9.84 Å². The molecule has 0 radical (unpaired) electrons. The van der Waals surface area contributed by atoms with Gasteiger partial charge in [0.2, 0.25) is 0 Å². The number of aromatic nitrogens is 4. The summed E-state index contributed by atoms with van der Waals surface area (Å²) < 4.78 is 6.13. The number of aryl methyl sites for hydroxylation is 1. The summed E-state index contributed by atoms with van der Waals surface area (Å²) in [4.78, 5) is 11.3. The predicted octanol–water partition coefficient (Wildman–Crippen LogP) is 4.13. The number of pyridine rings is 1. The second-order valence-electron chi connectivity index (χ2n) is 10.8. The third-order valence-corrected chi connectivity index (χ3v) is 7.76. The van der Waals surface area contributed by atoms with Crippen LogP contribution in [-0.4, -0.2) is 56.0 Å². The van der Waals surface area contributed by atoms with Crippen LogP contribution in [0.4, 0.5) is 5.82 Å². The van der Waals surface area contributed by atoms with Gasteiger partial charge in [0.15, 0.2) is 11.6 Å². The summed E-state index contributed by atoms with van der Waals surface area (Å²) >= 11 is 0. The van der Waals surface area contributed by atoms with Gasteiger partial charge in [-0.25, -0.2) is 4.98 Å². The molecule has 2 saturated heterocycles. The van der Waals surface area contributed by atoms with Crippen LogP contribution < -0.4 is 15.0 Å². The maximum Gasteiger partial charge on any atom is 0.185 e. The lowest BCUT2D eigenvalue weighted by Crippen LogP contribution is -2.47. The molecule has 0 aliphatic carbocycles. The molecule has 0 amide bonds. The molecule has 182 valence electrons. The van der Waals surface area contributed by atoms with Crippen LogP contribution in [0.5, 0.6) is 11.5 Å². The van der Waals surface area contributed by atoms with Gasteiger partial charge in [-0.1, -0.05) is 6.07 Å². The van der Waals surface area contributed by atoms with E-state index in [2.05, 4.69) is 51.3 Å². The molecule has 8 nitrogen and oxygen atoms in total. The minimum Gasteiger partial charge on any atom is -0.507 e. The third-order valence-electron chi connectivity index (χ3n) is 7.76. The molecule has 3 aliphatic heterocycles. The Bertz CT molecular complexity index is 1230. The number of piperidine rings is 1. The number of anilines is 1. The van der Waals surface area contributed by atoms with Crippen LogP contribution in [0.1, 0.15) is 51.6 Å². The highest BCUT2D eigenvalue weighted by Crippen LogP contribution is 2.37. The fourth-order valence-electron chi connectivity index (χ4n) is 5.66. The van der Waals surface area contributed by atoms with E-state index in [1.165, 1.54) is 12.8 Å². The second kappa shape index (κ2) is 8.45. The monoisotopic (exact) mass is 472 g/mol. The van der Waals surface area contributed by atoms with E-state index in [0.29, 0.717) is 29.5 Å². The minimum absolute atomic E-state index is 0.110. The molecule has 2 aromatic heterocycles. The first-order valence-corrected chi connectivity index (χ1v) is 12.5. The summed E-state index contributed by atoms with van der Waals surface area (Å²) in [6, 6.07) is 9.18. The number of fused-ring (bicyclic) bond motifs is 3. The van der Waals surface area contributed by atoms with E-state index in [0.717, 1.165) is 54.1 Å². The van der Waals surface area contributed by atoms with Crippen molar-refractivity contribution in [2.75, 3.05) is 11.9 Å². The first-order chi connectivity index (χ1) is 16.8. The molecule has 3 aromatic rings. The van der Waals surface area contributed by atoms with Gasteiger partial charge < -0.3 is 20.1 Å². The van der Waals surface area contributed by atoms with Crippen LogP contribution in [0.15, 0.2) is 36.7 Å². The zero-order valence-corrected chi connectivity index (χ0v) is 20.5. The van der Waals surface area contributed by atoms with Gasteiger partial charge >= 0.3 is 0 Å². The second-order valence-corrected chi connectivity index (χ2v) is 10.8. The summed E-state index contributed by atoms with van der Waals surface area (Å²) in [6.07, 6.45) is 10.2. The van der Waals surface area contributed by atoms with Gasteiger partial charge in [0, 0.05) is 36.9 Å². The number of nitrogens with zero attached hydrogens (tertiary/aromatic N) is 5. The van der Waals surface area contributed by atoms with Crippen molar-refractivity contribution in [1.82, 2.24) is 25.5 Å². The summed E-state index contributed by atoms with van der Waals surface area (Å²) in [5.41, 5.74) is 3.10. The average molecular weight is 473 g/mol. The lowest BCUT2D eigenvalue weighted by molar-refractivity contribution is 0.0831. The third kappa shape index (κ3) is 4.31. The molecule has 0 saturated carbocycles. The molecule has 0 unspecified atom stereocenters. The molecule has 0 spiro atoms. The molecule has 8 heteroatoms. The van der Waals surface area contributed by atoms with Crippen molar-refractivity contribution >= 4 is 5.82 Å². The SMILES string of the molecule is CN(c1cnc(-c2ccc(-c3cnc4c(c3)OC(C)(C)CC4)cc2O)nn1)[C@@H]1C[C@H]2CC[C@@H](C1)N2. The summed E-state index contributed by atoms with van der Waals surface area (Å²) in [7, 11) is 2.07. The van der Waals surface area contributed by atoms with Crippen molar-refractivity contribution in [2.45, 2.75) is 76.1 Å². The average Bonchev–Trinajstić information content (AvgIpc) is 3.19. The van der Waals surface area contributed by atoms with E-state index in [9.17, 15) is 5.11 Å². The molecule has 2 N–H and O–H groups in total. The van der Waals surface area contributed by atoms with Gasteiger partial charge in [0.1, 0.15) is 17.1 Å². The Labute approximate surface area is 205 Å². The molecule has 3 atom stereocenters. The first-order valence-electron chi connectivity index (χ1n) is 12.5. The van der Waals surface area contributed by atoms with E-state index in [4.69, 9.17) is 4.74 Å². The van der Waals surface area contributed by atoms with E-state index in [-0.39, 0.29) is 11.4 Å². The number of nitrogens with one attached hydrogen (secondary N) is 1. The maximum atomic E-state index is 10.8. The van der Waals surface area contributed by atoms with Crippen LogP contribution in [0.25, 0.3) is 22.5 Å². The largest absolute Gasteiger partial charge is 0.507 e. The smallest absolute Gasteiger partial charge is 0.185 e. The highest BCUT2D eigenvalue weighted by molar-refractivity contribution is 5.73. The Balaban J connectivity index is 1.20. The van der Waals surface area contributed by atoms with Gasteiger partial charge in [-0.2, -0.15) is 0 Å². The Hall–Kier alpha value is -3.26. The lowest BCUT2D eigenvalue weighted by Gasteiger charge is -2.35. The molecule has 3 aliphatic rings. The lowest BCUT2D eigenvalue weighted by atomic mass is 9.96. The van der Waals surface area contributed by atoms with Crippen LogP contribution >= 0.6 is 0 Å². The number of phenolic OH excluding ortho intramolecular Hbond substituents is 1. The number of ether oxygens (including phenoxy) is 1. The van der Waals surface area contributed by atoms with Gasteiger partial charge in [0.25, 0.3) is 0 Å². The Morgan fingerprint density at radius 3 is 2.54 bits per heavy atom. The Morgan fingerprint density at radius 1 is 1.03 bits per heavy atom. The van der Waals surface area contributed by atoms with Crippen molar-refractivity contribution in [3.63, 3.8) is 0 Å². The molecule has 6 rings (SSSR count). The zero-order chi connectivity index (χ0) is 24.2. The standard InChI is InChI=1S/C27H32N6O2/c1-27(2)9-8-22-24(35-27)11-17(14-28-22)16-4-7-21(23(34)10-16)26-29-15-25(31-32-26)33(3)20-12-18-5-6-19(13-20)30-18/h4,7,10-11,14-15,18-20,30,34H,5-6,8-9,12-13H2,1-3H3/t18-,19+,20-. The molecule has 2 bridgehead atoms. The number of rotatable bonds is 4. The van der Waals surface area contributed by atoms with Crippen LogP contribution in [0.2, 0.25) is 0 Å². The van der Waals surface area contributed by atoms with Crippen molar-refractivity contribution in [3.8, 4) is 34.0 Å². The van der Waals surface area contributed by atoms with Crippen LogP contribution in [0, 0.1) is 0 Å². The number of hydrogen-bond acceptors (Lipinski definition) is 8. The maximum absolute atomic E-state index is 10.8. The van der Waals surface area contributed by atoms with Crippen LogP contribution in [0.3, 0.4) is 0 Å². The molecule has 5 heterocycles. The van der Waals surface area contributed by atoms with E-state index in [1.54, 1.807) is 12.3 Å². The van der Waals surface area contributed by atoms with E-state index < -0.39 is 0 Å². The number of benzene rings is 1. The first kappa shape index (κ1) is 22.2. The summed E-state index contributed by atoms with van der Waals surface area (Å²) in [5.74, 6) is 2.10. The van der Waals surface area contributed by atoms with Crippen molar-refractivity contribution in [1.29, 1.82) is 0 Å². The van der Waals surface area contributed by atoms with Gasteiger partial charge in [-0.15, -0.1) is 10.2 Å². The van der Waals surface area contributed by atoms with Crippen LogP contribution in [-0.2, 0) is 6.42 Å². The normalized spacial score (nSPS) is 24.5. The van der Waals surface area contributed by atoms with Gasteiger partial charge in [0.05, 0.1) is 17.5 Å². The predicted molar refractivity (Wildman–Crippen MR) is 135 cm³/mol. The Kier molecular flexibility index (Phi) is 5.36. The van der Waals surface area contributed by atoms with Crippen molar-refractivity contribution in [3.05, 3.63) is 42.4 Å². The topological polar surface area (TPSA) is 96.3 Å². The molecule has 1 aromatic carbocycles. The molecule has 2 fully saturated rings. The quantitative estimate of drug-likeness (QED) is 0.585.